The largest absolute Gasteiger partial charge is 0.324 e. The zero-order valence-corrected chi connectivity index (χ0v) is 24.2. The molecule has 0 unspecified atom stereocenters. The molecule has 7 heteroatoms. The number of amides is 1. The predicted molar refractivity (Wildman–Crippen MR) is 171 cm³/mol. The Morgan fingerprint density at radius 2 is 1.43 bits per heavy atom. The summed E-state index contributed by atoms with van der Waals surface area (Å²) in [5.74, 6) is -0.0387. The average Bonchev–Trinajstić information content (AvgIpc) is 3.02. The number of aromatic nitrogens is 2. The molecule has 0 fully saturated rings. The Labute approximate surface area is 251 Å². The number of hydrogen-bond acceptors (Lipinski definition) is 5. The third kappa shape index (κ3) is 5.82. The zero-order chi connectivity index (χ0) is 29.1. The van der Waals surface area contributed by atoms with Crippen LogP contribution in [0.1, 0.15) is 31.8 Å². The second kappa shape index (κ2) is 11.8. The van der Waals surface area contributed by atoms with Crippen LogP contribution in [0.5, 0.6) is 0 Å². The van der Waals surface area contributed by atoms with E-state index in [1.807, 2.05) is 60.7 Å². The van der Waals surface area contributed by atoms with E-state index in [2.05, 4.69) is 39.6 Å². The van der Waals surface area contributed by atoms with Crippen molar-refractivity contribution in [2.75, 3.05) is 10.6 Å². The van der Waals surface area contributed by atoms with Gasteiger partial charge in [-0.05, 0) is 61.5 Å². The van der Waals surface area contributed by atoms with Gasteiger partial charge in [0.2, 0.25) is 5.95 Å². The van der Waals surface area contributed by atoms with E-state index >= 15 is 0 Å². The first-order valence-corrected chi connectivity index (χ1v) is 14.2. The van der Waals surface area contributed by atoms with Gasteiger partial charge in [-0.25, -0.2) is 9.97 Å². The summed E-state index contributed by atoms with van der Waals surface area (Å²) in [6.45, 7) is 2.05. The van der Waals surface area contributed by atoms with Crippen molar-refractivity contribution in [2.24, 2.45) is 0 Å². The molecule has 204 valence electrons. The van der Waals surface area contributed by atoms with E-state index in [0.29, 0.717) is 28.3 Å². The van der Waals surface area contributed by atoms with Crippen LogP contribution in [0.25, 0.3) is 22.2 Å². The first kappa shape index (κ1) is 27.1. The van der Waals surface area contributed by atoms with Crippen molar-refractivity contribution < 1.29 is 9.59 Å². The van der Waals surface area contributed by atoms with Crippen LogP contribution >= 0.6 is 15.9 Å². The van der Waals surface area contributed by atoms with Crippen molar-refractivity contribution in [3.05, 3.63) is 148 Å². The Morgan fingerprint density at radius 1 is 0.714 bits per heavy atom. The molecule has 0 bridgehead atoms. The Morgan fingerprint density at radius 3 is 2.17 bits per heavy atom. The number of rotatable bonds is 7. The summed E-state index contributed by atoms with van der Waals surface area (Å²) in [4.78, 5) is 35.9. The molecule has 5 aromatic carbocycles. The molecule has 6 nitrogen and oxygen atoms in total. The zero-order valence-electron chi connectivity index (χ0n) is 22.6. The van der Waals surface area contributed by atoms with Gasteiger partial charge in [0.25, 0.3) is 5.91 Å². The molecule has 0 spiro atoms. The van der Waals surface area contributed by atoms with Crippen molar-refractivity contribution in [3.8, 4) is 11.3 Å². The highest BCUT2D eigenvalue weighted by Gasteiger charge is 2.17. The van der Waals surface area contributed by atoms with Crippen LogP contribution in [0, 0.1) is 6.92 Å². The Bertz CT molecular complexity index is 1930. The van der Waals surface area contributed by atoms with Crippen LogP contribution < -0.4 is 10.6 Å². The van der Waals surface area contributed by atoms with E-state index in [1.165, 1.54) is 0 Å². The summed E-state index contributed by atoms with van der Waals surface area (Å²) in [7, 11) is 0. The van der Waals surface area contributed by atoms with Crippen molar-refractivity contribution in [3.63, 3.8) is 0 Å². The number of fused-ring (bicyclic) bond motifs is 1. The first-order valence-electron chi connectivity index (χ1n) is 13.4. The number of ketones is 1. The minimum Gasteiger partial charge on any atom is -0.324 e. The fourth-order valence-electron chi connectivity index (χ4n) is 4.70. The molecule has 42 heavy (non-hydrogen) atoms. The fourth-order valence-corrected chi connectivity index (χ4v) is 5.06. The number of carbonyl (C=O) groups excluding carboxylic acids is 2. The van der Waals surface area contributed by atoms with Gasteiger partial charge in [-0.3, -0.25) is 9.59 Å². The first-order chi connectivity index (χ1) is 20.4. The summed E-state index contributed by atoms with van der Waals surface area (Å²) in [6, 6.07) is 37.4. The number of nitrogens with zero attached hydrogens (tertiary/aromatic N) is 2. The summed E-state index contributed by atoms with van der Waals surface area (Å²) >= 11 is 3.44. The van der Waals surface area contributed by atoms with Crippen molar-refractivity contribution in [1.82, 2.24) is 9.97 Å². The number of hydrogen-bond donors (Lipinski definition) is 2. The molecule has 0 atom stereocenters. The summed E-state index contributed by atoms with van der Waals surface area (Å²) in [5.41, 5.74) is 6.39. The number of carbonyl (C=O) groups is 2. The van der Waals surface area contributed by atoms with Crippen LogP contribution in [0.15, 0.2) is 126 Å². The lowest BCUT2D eigenvalue weighted by Crippen LogP contribution is -2.15. The molecule has 1 aromatic heterocycles. The van der Waals surface area contributed by atoms with Crippen LogP contribution in [-0.2, 0) is 0 Å². The summed E-state index contributed by atoms with van der Waals surface area (Å²) in [6.07, 6.45) is 0. The number of aryl methyl sites for hydroxylation is 1. The minimum absolute atomic E-state index is 0.174. The van der Waals surface area contributed by atoms with Crippen LogP contribution in [0.4, 0.5) is 17.3 Å². The molecule has 0 saturated heterocycles. The number of benzene rings is 5. The van der Waals surface area contributed by atoms with E-state index in [-0.39, 0.29) is 11.7 Å². The highest BCUT2D eigenvalue weighted by atomic mass is 79.9. The lowest BCUT2D eigenvalue weighted by Gasteiger charge is -2.13. The van der Waals surface area contributed by atoms with Gasteiger partial charge in [0.05, 0.1) is 16.9 Å². The molecular formula is C35H25BrN4O2. The summed E-state index contributed by atoms with van der Waals surface area (Å²) < 4.78 is 0.747. The number of nitrogens with one attached hydrogen (secondary N) is 2. The normalized spacial score (nSPS) is 10.8. The monoisotopic (exact) mass is 612 g/mol. The van der Waals surface area contributed by atoms with Gasteiger partial charge in [-0.2, -0.15) is 0 Å². The smallest absolute Gasteiger partial charge is 0.255 e. The molecule has 2 N–H and O–H groups in total. The molecule has 0 aliphatic rings. The van der Waals surface area contributed by atoms with Crippen LogP contribution in [-0.4, -0.2) is 21.7 Å². The lowest BCUT2D eigenvalue weighted by molar-refractivity contribution is 0.102. The van der Waals surface area contributed by atoms with Gasteiger partial charge >= 0.3 is 0 Å². The van der Waals surface area contributed by atoms with E-state index in [0.717, 1.165) is 37.9 Å². The molecule has 6 aromatic rings. The van der Waals surface area contributed by atoms with E-state index in [1.54, 1.807) is 54.6 Å². The standard InChI is InChI=1S/C35H25BrN4O2/c1-22-12-18-30-28(20-22)32(23-8-4-2-5-9-23)40-35(39-30)37-27-16-13-25(14-17-27)34(42)38-31-19-15-26(36)21-29(31)33(41)24-10-6-3-7-11-24/h2-21H,1H3,(H,38,42)(H,37,39,40). The van der Waals surface area contributed by atoms with Gasteiger partial charge in [-0.15, -0.1) is 0 Å². The molecule has 0 aliphatic carbocycles. The van der Waals surface area contributed by atoms with Gasteiger partial charge in [0.15, 0.2) is 5.78 Å². The van der Waals surface area contributed by atoms with Gasteiger partial charge in [0, 0.05) is 37.8 Å². The van der Waals surface area contributed by atoms with Gasteiger partial charge < -0.3 is 10.6 Å². The average molecular weight is 614 g/mol. The SMILES string of the molecule is Cc1ccc2nc(Nc3ccc(C(=O)Nc4ccc(Br)cc4C(=O)c4ccccc4)cc3)nc(-c3ccccc3)c2c1. The quantitative estimate of drug-likeness (QED) is 0.176. The molecule has 1 heterocycles. The van der Waals surface area contributed by atoms with Crippen molar-refractivity contribution in [1.29, 1.82) is 0 Å². The maximum atomic E-state index is 13.2. The number of halogens is 1. The highest BCUT2D eigenvalue weighted by molar-refractivity contribution is 9.10. The Hall–Kier alpha value is -5.14. The molecule has 1 amide bonds. The van der Waals surface area contributed by atoms with Crippen LogP contribution in [0.2, 0.25) is 0 Å². The third-order valence-electron chi connectivity index (χ3n) is 6.81. The highest BCUT2D eigenvalue weighted by Crippen LogP contribution is 2.29. The Balaban J connectivity index is 1.24. The van der Waals surface area contributed by atoms with E-state index in [9.17, 15) is 9.59 Å². The Kier molecular flexibility index (Phi) is 7.58. The van der Waals surface area contributed by atoms with Crippen molar-refractivity contribution >= 4 is 55.8 Å². The molecule has 6 rings (SSSR count). The van der Waals surface area contributed by atoms with Crippen LogP contribution in [0.3, 0.4) is 0 Å². The predicted octanol–water partition coefficient (Wildman–Crippen LogP) is 8.59. The molecule has 0 aliphatic heterocycles. The topological polar surface area (TPSA) is 84.0 Å². The van der Waals surface area contributed by atoms with E-state index in [4.69, 9.17) is 9.97 Å². The van der Waals surface area contributed by atoms with Gasteiger partial charge in [0.1, 0.15) is 0 Å². The van der Waals surface area contributed by atoms with Gasteiger partial charge in [-0.1, -0.05) is 88.2 Å². The second-order valence-electron chi connectivity index (χ2n) is 9.82. The molecule has 0 saturated carbocycles. The number of anilines is 3. The van der Waals surface area contributed by atoms with Crippen molar-refractivity contribution in [2.45, 2.75) is 6.92 Å². The second-order valence-corrected chi connectivity index (χ2v) is 10.7. The molecular weight excluding hydrogens is 588 g/mol. The lowest BCUT2D eigenvalue weighted by atomic mass is 10.0. The maximum Gasteiger partial charge on any atom is 0.255 e. The molecule has 0 radical (unpaired) electrons. The fraction of sp³-hybridized carbons (Fsp3) is 0.0286. The maximum absolute atomic E-state index is 13.2. The summed E-state index contributed by atoms with van der Waals surface area (Å²) in [5, 5.41) is 7.16. The van der Waals surface area contributed by atoms with E-state index < -0.39 is 0 Å². The minimum atomic E-state index is -0.324. The third-order valence-corrected chi connectivity index (χ3v) is 7.31.